The lowest BCUT2D eigenvalue weighted by molar-refractivity contribution is -0.121. The molecule has 0 bridgehead atoms. The van der Waals surface area contributed by atoms with Gasteiger partial charge in [0.25, 0.3) is 0 Å². The van der Waals surface area contributed by atoms with Crippen molar-refractivity contribution in [3.8, 4) is 11.5 Å². The van der Waals surface area contributed by atoms with Crippen molar-refractivity contribution in [2.75, 3.05) is 20.8 Å². The minimum Gasteiger partial charge on any atom is -0.493 e. The van der Waals surface area contributed by atoms with E-state index in [1.54, 1.807) is 19.2 Å². The number of carbonyl (C=O) groups excluding carboxylic acids is 2. The monoisotopic (exact) mass is 315 g/mol. The molecule has 1 aromatic rings. The molecule has 0 atom stereocenters. The summed E-state index contributed by atoms with van der Waals surface area (Å²) in [5, 5.41) is 2.50. The molecule has 1 amide bonds. The highest BCUT2D eigenvalue weighted by Gasteiger charge is 2.12. The maximum Gasteiger partial charge on any atom is 0.223 e. The van der Waals surface area contributed by atoms with Gasteiger partial charge in [-0.2, -0.15) is 0 Å². The fourth-order valence-corrected chi connectivity index (χ4v) is 1.89. The van der Waals surface area contributed by atoms with Gasteiger partial charge < -0.3 is 14.8 Å². The highest BCUT2D eigenvalue weighted by molar-refractivity contribution is 9.10. The van der Waals surface area contributed by atoms with Gasteiger partial charge in [0.2, 0.25) is 5.91 Å². The Hall–Kier alpha value is -1.56. The first-order valence-corrected chi connectivity index (χ1v) is 6.07. The van der Waals surface area contributed by atoms with Crippen LogP contribution in [0.4, 0.5) is 0 Å². The van der Waals surface area contributed by atoms with Gasteiger partial charge in [-0.3, -0.25) is 9.59 Å². The normalized spacial score (nSPS) is 9.72. The van der Waals surface area contributed by atoms with Crippen molar-refractivity contribution in [2.45, 2.75) is 6.42 Å². The quantitative estimate of drug-likeness (QED) is 0.813. The highest BCUT2D eigenvalue weighted by Crippen LogP contribution is 2.36. The third-order valence-corrected chi connectivity index (χ3v) is 2.83. The van der Waals surface area contributed by atoms with Crippen LogP contribution in [-0.4, -0.2) is 33.0 Å². The Morgan fingerprint density at radius 3 is 2.78 bits per heavy atom. The van der Waals surface area contributed by atoms with Crippen LogP contribution in [0.1, 0.15) is 16.8 Å². The maximum absolute atomic E-state index is 11.1. The number of ether oxygens (including phenoxy) is 2. The molecular formula is C12H14BrNO4. The van der Waals surface area contributed by atoms with E-state index in [1.807, 2.05) is 0 Å². The molecule has 0 aliphatic rings. The smallest absolute Gasteiger partial charge is 0.223 e. The number of aldehydes is 1. The fraction of sp³-hybridized carbons (Fsp3) is 0.333. The van der Waals surface area contributed by atoms with Crippen LogP contribution >= 0.6 is 15.9 Å². The predicted molar refractivity (Wildman–Crippen MR) is 70.3 cm³/mol. The molecule has 1 rings (SSSR count). The van der Waals surface area contributed by atoms with E-state index in [1.165, 1.54) is 7.11 Å². The van der Waals surface area contributed by atoms with Gasteiger partial charge in [0.05, 0.1) is 24.6 Å². The second kappa shape index (κ2) is 7.00. The maximum atomic E-state index is 11.1. The van der Waals surface area contributed by atoms with E-state index in [2.05, 4.69) is 21.2 Å². The molecule has 18 heavy (non-hydrogen) atoms. The first-order valence-electron chi connectivity index (χ1n) is 5.28. The first-order chi connectivity index (χ1) is 8.62. The molecule has 0 heterocycles. The zero-order valence-corrected chi connectivity index (χ0v) is 11.7. The van der Waals surface area contributed by atoms with Gasteiger partial charge in [0, 0.05) is 12.6 Å². The van der Waals surface area contributed by atoms with E-state index in [0.29, 0.717) is 21.5 Å². The van der Waals surface area contributed by atoms with Gasteiger partial charge in [-0.25, -0.2) is 0 Å². The van der Waals surface area contributed by atoms with E-state index in [-0.39, 0.29) is 18.9 Å². The lowest BCUT2D eigenvalue weighted by atomic mass is 10.2. The second-order valence-corrected chi connectivity index (χ2v) is 4.28. The molecule has 1 N–H and O–H groups in total. The van der Waals surface area contributed by atoms with Crippen LogP contribution in [0.2, 0.25) is 0 Å². The fourth-order valence-electron chi connectivity index (χ4n) is 1.32. The third-order valence-electron chi connectivity index (χ3n) is 2.24. The van der Waals surface area contributed by atoms with Crippen LogP contribution in [0.5, 0.6) is 11.5 Å². The third kappa shape index (κ3) is 3.73. The van der Waals surface area contributed by atoms with Gasteiger partial charge in [-0.1, -0.05) is 0 Å². The van der Waals surface area contributed by atoms with Crippen molar-refractivity contribution in [1.82, 2.24) is 5.32 Å². The molecule has 0 fully saturated rings. The van der Waals surface area contributed by atoms with Crippen molar-refractivity contribution in [3.63, 3.8) is 0 Å². The van der Waals surface area contributed by atoms with Gasteiger partial charge in [-0.15, -0.1) is 0 Å². The molecule has 0 radical (unpaired) electrons. The molecule has 0 unspecified atom stereocenters. The van der Waals surface area contributed by atoms with Crippen LogP contribution < -0.4 is 14.8 Å². The first kappa shape index (κ1) is 14.5. The van der Waals surface area contributed by atoms with Crippen LogP contribution in [-0.2, 0) is 4.79 Å². The van der Waals surface area contributed by atoms with Crippen molar-refractivity contribution < 1.29 is 19.1 Å². The number of hydrogen-bond donors (Lipinski definition) is 1. The summed E-state index contributed by atoms with van der Waals surface area (Å²) in [6, 6.07) is 3.21. The van der Waals surface area contributed by atoms with Gasteiger partial charge in [-0.05, 0) is 28.1 Å². The van der Waals surface area contributed by atoms with E-state index in [9.17, 15) is 9.59 Å². The van der Waals surface area contributed by atoms with Crippen molar-refractivity contribution in [1.29, 1.82) is 0 Å². The largest absolute Gasteiger partial charge is 0.493 e. The van der Waals surface area contributed by atoms with Crippen molar-refractivity contribution >= 4 is 28.1 Å². The molecule has 0 aliphatic heterocycles. The summed E-state index contributed by atoms with van der Waals surface area (Å²) in [5.74, 6) is 0.824. The lowest BCUT2D eigenvalue weighted by Crippen LogP contribution is -2.20. The van der Waals surface area contributed by atoms with Crippen LogP contribution in [0.15, 0.2) is 16.6 Å². The Labute approximate surface area is 114 Å². The number of rotatable bonds is 6. The summed E-state index contributed by atoms with van der Waals surface area (Å²) >= 11 is 3.30. The number of amides is 1. The van der Waals surface area contributed by atoms with Crippen LogP contribution in [0.3, 0.4) is 0 Å². The topological polar surface area (TPSA) is 64.6 Å². The Kier molecular flexibility index (Phi) is 5.64. The summed E-state index contributed by atoms with van der Waals surface area (Å²) in [6.07, 6.45) is 0.975. The van der Waals surface area contributed by atoms with E-state index in [4.69, 9.17) is 9.47 Å². The molecule has 1 aromatic carbocycles. The standard InChI is InChI=1S/C12H14BrNO4/c1-14-11(16)3-4-18-12-9(13)5-8(7-15)6-10(12)17-2/h5-7H,3-4H2,1-2H3,(H,14,16). The van der Waals surface area contributed by atoms with Gasteiger partial charge in [0.15, 0.2) is 11.5 Å². The molecule has 0 spiro atoms. The summed E-state index contributed by atoms with van der Waals surface area (Å²) in [6.45, 7) is 0.231. The molecule has 5 nitrogen and oxygen atoms in total. The lowest BCUT2D eigenvalue weighted by Gasteiger charge is -2.12. The second-order valence-electron chi connectivity index (χ2n) is 3.42. The number of benzene rings is 1. The molecule has 0 saturated heterocycles. The van der Waals surface area contributed by atoms with Crippen LogP contribution in [0, 0.1) is 0 Å². The number of methoxy groups -OCH3 is 1. The summed E-state index contributed by atoms with van der Waals surface area (Å²) in [5.41, 5.74) is 0.484. The zero-order valence-electron chi connectivity index (χ0n) is 10.2. The Morgan fingerprint density at radius 2 is 2.22 bits per heavy atom. The van der Waals surface area contributed by atoms with E-state index < -0.39 is 0 Å². The number of carbonyl (C=O) groups is 2. The molecule has 98 valence electrons. The minimum absolute atomic E-state index is 0.102. The zero-order chi connectivity index (χ0) is 13.5. The molecule has 0 saturated carbocycles. The number of halogens is 1. The van der Waals surface area contributed by atoms with Crippen LogP contribution in [0.25, 0.3) is 0 Å². The SMILES string of the molecule is CNC(=O)CCOc1c(Br)cc(C=O)cc1OC. The minimum atomic E-state index is -0.102. The molecule has 0 aliphatic carbocycles. The summed E-state index contributed by atoms with van der Waals surface area (Å²) in [7, 11) is 3.06. The molecule has 6 heteroatoms. The average molecular weight is 316 g/mol. The van der Waals surface area contributed by atoms with E-state index >= 15 is 0 Å². The Balaban J connectivity index is 2.81. The molecular weight excluding hydrogens is 302 g/mol. The Bertz CT molecular complexity index is 448. The highest BCUT2D eigenvalue weighted by atomic mass is 79.9. The van der Waals surface area contributed by atoms with E-state index in [0.717, 1.165) is 6.29 Å². The average Bonchev–Trinajstić information content (AvgIpc) is 2.39. The van der Waals surface area contributed by atoms with Gasteiger partial charge in [0.1, 0.15) is 6.29 Å². The van der Waals surface area contributed by atoms with Gasteiger partial charge >= 0.3 is 0 Å². The summed E-state index contributed by atoms with van der Waals surface area (Å²) in [4.78, 5) is 21.8. The van der Waals surface area contributed by atoms with Crippen molar-refractivity contribution in [2.24, 2.45) is 0 Å². The molecule has 0 aromatic heterocycles. The number of hydrogen-bond acceptors (Lipinski definition) is 4. The predicted octanol–water partition coefficient (Wildman–Crippen LogP) is 1.79. The summed E-state index contributed by atoms with van der Waals surface area (Å²) < 4.78 is 11.2. The van der Waals surface area contributed by atoms with Crippen molar-refractivity contribution in [3.05, 3.63) is 22.2 Å². The number of nitrogens with one attached hydrogen (secondary N) is 1. The Morgan fingerprint density at radius 1 is 1.50 bits per heavy atom.